The lowest BCUT2D eigenvalue weighted by atomic mass is 10.1. The first-order valence-corrected chi connectivity index (χ1v) is 9.44. The van der Waals surface area contributed by atoms with E-state index in [0.717, 1.165) is 55.3 Å². The highest BCUT2D eigenvalue weighted by atomic mass is 32.1. The number of nitrogens with zero attached hydrogens (tertiary/aromatic N) is 3. The second-order valence-corrected chi connectivity index (χ2v) is 6.98. The van der Waals surface area contributed by atoms with Crippen LogP contribution in [0.25, 0.3) is 0 Å². The molecule has 3 rings (SSSR count). The average molecular weight is 402 g/mol. The molecule has 148 valence electrons. The molecule has 1 saturated heterocycles. The predicted octanol–water partition coefficient (Wildman–Crippen LogP) is 2.32. The third-order valence-corrected chi connectivity index (χ3v) is 4.74. The Hall–Kier alpha value is -2.71. The largest absolute Gasteiger partial charge is 0.496 e. The molecule has 0 radical (unpaired) electrons. The zero-order chi connectivity index (χ0) is 19.9. The second-order valence-electron chi connectivity index (χ2n) is 6.55. The molecule has 0 aliphatic carbocycles. The molecule has 0 bridgehead atoms. The summed E-state index contributed by atoms with van der Waals surface area (Å²) in [5, 5.41) is 4.13. The molecule has 1 heterocycles. The van der Waals surface area contributed by atoms with Crippen LogP contribution in [-0.2, 0) is 6.54 Å². The molecule has 0 amide bonds. The van der Waals surface area contributed by atoms with Crippen molar-refractivity contribution < 1.29 is 9.13 Å². The Morgan fingerprint density at radius 2 is 1.93 bits per heavy atom. The summed E-state index contributed by atoms with van der Waals surface area (Å²) in [6.45, 7) is 4.41. The highest BCUT2D eigenvalue weighted by molar-refractivity contribution is 7.80. The van der Waals surface area contributed by atoms with Crippen molar-refractivity contribution in [2.45, 2.75) is 6.54 Å². The molecule has 2 aromatic carbocycles. The monoisotopic (exact) mass is 401 g/mol. The van der Waals surface area contributed by atoms with Gasteiger partial charge in [-0.3, -0.25) is 10.3 Å². The Bertz CT molecular complexity index is 835. The van der Waals surface area contributed by atoms with E-state index in [1.165, 1.54) is 12.1 Å². The van der Waals surface area contributed by atoms with Gasteiger partial charge < -0.3 is 15.4 Å². The van der Waals surface area contributed by atoms with Gasteiger partial charge in [0, 0.05) is 44.0 Å². The van der Waals surface area contributed by atoms with Crippen LogP contribution < -0.4 is 20.8 Å². The van der Waals surface area contributed by atoms with Gasteiger partial charge in [0.05, 0.1) is 13.3 Å². The molecule has 1 fully saturated rings. The number of thiocarbonyl (C=S) groups is 1. The van der Waals surface area contributed by atoms with Gasteiger partial charge in [0.15, 0.2) is 5.11 Å². The topological polar surface area (TPSA) is 66.1 Å². The van der Waals surface area contributed by atoms with Gasteiger partial charge >= 0.3 is 0 Å². The van der Waals surface area contributed by atoms with Gasteiger partial charge in [-0.05, 0) is 60.2 Å². The fourth-order valence-corrected chi connectivity index (χ4v) is 3.28. The molecule has 1 aliphatic heterocycles. The Labute approximate surface area is 169 Å². The van der Waals surface area contributed by atoms with Crippen molar-refractivity contribution in [2.24, 2.45) is 10.8 Å². The van der Waals surface area contributed by atoms with E-state index < -0.39 is 0 Å². The van der Waals surface area contributed by atoms with E-state index in [4.69, 9.17) is 22.7 Å². The number of hydrogen-bond donors (Lipinski definition) is 2. The maximum Gasteiger partial charge on any atom is 0.184 e. The van der Waals surface area contributed by atoms with Gasteiger partial charge in [0.25, 0.3) is 0 Å². The Balaban J connectivity index is 1.62. The Morgan fingerprint density at radius 1 is 1.21 bits per heavy atom. The van der Waals surface area contributed by atoms with Crippen LogP contribution in [0.4, 0.5) is 10.1 Å². The summed E-state index contributed by atoms with van der Waals surface area (Å²) in [6.07, 6.45) is 1.68. The van der Waals surface area contributed by atoms with Crippen molar-refractivity contribution in [3.8, 4) is 5.75 Å². The number of anilines is 1. The van der Waals surface area contributed by atoms with E-state index in [9.17, 15) is 4.39 Å². The lowest BCUT2D eigenvalue weighted by Gasteiger charge is -2.36. The molecule has 0 spiro atoms. The Morgan fingerprint density at radius 3 is 2.57 bits per heavy atom. The first kappa shape index (κ1) is 20.0. The number of hydrogen-bond acceptors (Lipinski definition) is 5. The van der Waals surface area contributed by atoms with E-state index in [1.807, 2.05) is 24.3 Å². The molecule has 0 atom stereocenters. The van der Waals surface area contributed by atoms with Crippen molar-refractivity contribution in [3.63, 3.8) is 0 Å². The first-order chi connectivity index (χ1) is 13.5. The second kappa shape index (κ2) is 9.48. The van der Waals surface area contributed by atoms with Crippen LogP contribution in [0.15, 0.2) is 47.6 Å². The third kappa shape index (κ3) is 5.40. The van der Waals surface area contributed by atoms with Gasteiger partial charge in [0.1, 0.15) is 11.6 Å². The number of nitrogens with one attached hydrogen (secondary N) is 1. The zero-order valence-corrected chi connectivity index (χ0v) is 16.6. The fourth-order valence-electron chi connectivity index (χ4n) is 3.23. The quantitative estimate of drug-likeness (QED) is 0.440. The highest BCUT2D eigenvalue weighted by Gasteiger charge is 2.18. The summed E-state index contributed by atoms with van der Waals surface area (Å²) >= 11 is 4.74. The third-order valence-electron chi connectivity index (χ3n) is 4.65. The number of methoxy groups -OCH3 is 1. The standard InChI is InChI=1S/C20H24FN5OS/c1-27-19-7-2-15(13-23-24-20(22)28)12-16(19)14-25-8-10-26(11-9-25)18-5-3-17(21)4-6-18/h2-7,12-13H,8-11,14H2,1H3,(H3,22,24,28)/b23-13+. The molecular weight excluding hydrogens is 377 g/mol. The minimum Gasteiger partial charge on any atom is -0.496 e. The average Bonchev–Trinajstić information content (AvgIpc) is 2.69. The number of rotatable bonds is 6. The van der Waals surface area contributed by atoms with Crippen LogP contribution in [0.2, 0.25) is 0 Å². The van der Waals surface area contributed by atoms with Crippen molar-refractivity contribution >= 4 is 29.2 Å². The summed E-state index contributed by atoms with van der Waals surface area (Å²) < 4.78 is 18.6. The van der Waals surface area contributed by atoms with Gasteiger partial charge in [-0.15, -0.1) is 0 Å². The van der Waals surface area contributed by atoms with Crippen molar-refractivity contribution in [2.75, 3.05) is 38.2 Å². The van der Waals surface area contributed by atoms with Crippen LogP contribution in [0.3, 0.4) is 0 Å². The lowest BCUT2D eigenvalue weighted by molar-refractivity contribution is 0.246. The summed E-state index contributed by atoms with van der Waals surface area (Å²) in [4.78, 5) is 4.66. The zero-order valence-electron chi connectivity index (χ0n) is 15.8. The van der Waals surface area contributed by atoms with Crippen molar-refractivity contribution in [1.29, 1.82) is 0 Å². The van der Waals surface area contributed by atoms with Crippen LogP contribution in [-0.4, -0.2) is 49.5 Å². The molecular formula is C20H24FN5OS. The van der Waals surface area contributed by atoms with Crippen molar-refractivity contribution in [1.82, 2.24) is 10.3 Å². The maximum atomic E-state index is 13.1. The first-order valence-electron chi connectivity index (χ1n) is 9.03. The van der Waals surface area contributed by atoms with E-state index in [2.05, 4.69) is 26.4 Å². The molecule has 0 aromatic heterocycles. The molecule has 0 unspecified atom stereocenters. The molecule has 2 aromatic rings. The van der Waals surface area contributed by atoms with E-state index in [1.54, 1.807) is 13.3 Å². The van der Waals surface area contributed by atoms with E-state index in [-0.39, 0.29) is 10.9 Å². The smallest absolute Gasteiger partial charge is 0.184 e. The van der Waals surface area contributed by atoms with E-state index >= 15 is 0 Å². The highest BCUT2D eigenvalue weighted by Crippen LogP contribution is 2.23. The van der Waals surface area contributed by atoms with Gasteiger partial charge in [-0.25, -0.2) is 4.39 Å². The normalized spacial score (nSPS) is 15.0. The van der Waals surface area contributed by atoms with Crippen LogP contribution in [0.5, 0.6) is 5.75 Å². The number of benzene rings is 2. The summed E-state index contributed by atoms with van der Waals surface area (Å²) in [5.41, 5.74) is 11.0. The molecule has 1 aliphatic rings. The SMILES string of the molecule is COc1ccc(/C=N/NC(N)=S)cc1CN1CCN(c2ccc(F)cc2)CC1. The van der Waals surface area contributed by atoms with Crippen LogP contribution in [0, 0.1) is 5.82 Å². The minimum absolute atomic E-state index is 0.129. The van der Waals surface area contributed by atoms with Crippen LogP contribution >= 0.6 is 12.2 Å². The van der Waals surface area contributed by atoms with Gasteiger partial charge in [0.2, 0.25) is 0 Å². The molecule has 6 nitrogen and oxygen atoms in total. The molecule has 28 heavy (non-hydrogen) atoms. The molecule has 3 N–H and O–H groups in total. The Kier molecular flexibility index (Phi) is 6.78. The number of ether oxygens (including phenoxy) is 1. The summed E-state index contributed by atoms with van der Waals surface area (Å²) in [6, 6.07) is 12.6. The number of piperazine rings is 1. The fraction of sp³-hybridized carbons (Fsp3) is 0.300. The maximum absolute atomic E-state index is 13.1. The summed E-state index contributed by atoms with van der Waals surface area (Å²) in [7, 11) is 1.67. The summed E-state index contributed by atoms with van der Waals surface area (Å²) in [5.74, 6) is 0.641. The predicted molar refractivity (Wildman–Crippen MR) is 114 cm³/mol. The van der Waals surface area contributed by atoms with Crippen LogP contribution in [0.1, 0.15) is 11.1 Å². The number of halogens is 1. The number of hydrazone groups is 1. The minimum atomic E-state index is -0.207. The van der Waals surface area contributed by atoms with Crippen molar-refractivity contribution in [3.05, 3.63) is 59.4 Å². The van der Waals surface area contributed by atoms with Gasteiger partial charge in [-0.2, -0.15) is 5.10 Å². The number of nitrogens with two attached hydrogens (primary N) is 1. The van der Waals surface area contributed by atoms with Gasteiger partial charge in [-0.1, -0.05) is 0 Å². The lowest BCUT2D eigenvalue weighted by Crippen LogP contribution is -2.46. The van der Waals surface area contributed by atoms with E-state index in [0.29, 0.717) is 0 Å². The molecule has 8 heteroatoms. The molecule has 0 saturated carbocycles.